The monoisotopic (exact) mass is 275 g/mol. The number of thiophene rings is 1. The Bertz CT molecular complexity index is 646. The average Bonchev–Trinajstić information content (AvgIpc) is 2.75. The molecule has 19 heavy (non-hydrogen) atoms. The Morgan fingerprint density at radius 2 is 1.89 bits per heavy atom. The molecule has 1 aromatic heterocycles. The van der Waals surface area contributed by atoms with Crippen LogP contribution < -0.4 is 5.32 Å². The highest BCUT2D eigenvalue weighted by Gasteiger charge is 2.17. The van der Waals surface area contributed by atoms with E-state index in [9.17, 15) is 14.7 Å². The summed E-state index contributed by atoms with van der Waals surface area (Å²) in [5.74, 6) is -1.32. The minimum Gasteiger partial charge on any atom is -0.478 e. The number of nitrogens with one attached hydrogen (secondary N) is 1. The van der Waals surface area contributed by atoms with Crippen LogP contribution in [0.4, 0.5) is 5.69 Å². The topological polar surface area (TPSA) is 66.4 Å². The van der Waals surface area contributed by atoms with Crippen molar-refractivity contribution in [3.8, 4) is 0 Å². The fourth-order valence-electron chi connectivity index (χ4n) is 1.84. The van der Waals surface area contributed by atoms with E-state index in [2.05, 4.69) is 5.32 Å². The number of carboxylic acids is 1. The third kappa shape index (κ3) is 2.66. The molecule has 0 bridgehead atoms. The van der Waals surface area contributed by atoms with Gasteiger partial charge in [-0.2, -0.15) is 0 Å². The predicted molar refractivity (Wildman–Crippen MR) is 75.1 cm³/mol. The Morgan fingerprint density at radius 3 is 2.47 bits per heavy atom. The summed E-state index contributed by atoms with van der Waals surface area (Å²) in [7, 11) is 0. The fourth-order valence-corrected chi connectivity index (χ4v) is 2.66. The van der Waals surface area contributed by atoms with E-state index < -0.39 is 5.97 Å². The molecule has 4 nitrogen and oxygen atoms in total. The van der Waals surface area contributed by atoms with E-state index in [1.165, 1.54) is 11.3 Å². The molecule has 0 saturated heterocycles. The Hall–Kier alpha value is -2.14. The quantitative estimate of drug-likeness (QED) is 0.903. The molecule has 0 aliphatic heterocycles. The Labute approximate surface area is 114 Å². The van der Waals surface area contributed by atoms with E-state index in [1.54, 1.807) is 25.1 Å². The molecule has 0 unspecified atom stereocenters. The van der Waals surface area contributed by atoms with Crippen LogP contribution in [0.25, 0.3) is 0 Å². The van der Waals surface area contributed by atoms with Crippen LogP contribution in [-0.2, 0) is 0 Å². The molecular weight excluding hydrogens is 262 g/mol. The second-order valence-electron chi connectivity index (χ2n) is 4.19. The Morgan fingerprint density at radius 1 is 1.16 bits per heavy atom. The van der Waals surface area contributed by atoms with E-state index in [0.29, 0.717) is 16.1 Å². The summed E-state index contributed by atoms with van der Waals surface area (Å²) in [6.45, 7) is 3.55. The number of aromatic carboxylic acids is 1. The van der Waals surface area contributed by atoms with Gasteiger partial charge in [-0.3, -0.25) is 4.79 Å². The predicted octanol–water partition coefficient (Wildman–Crippen LogP) is 3.32. The lowest BCUT2D eigenvalue weighted by Gasteiger charge is -2.10. The maximum Gasteiger partial charge on any atom is 0.338 e. The summed E-state index contributed by atoms with van der Waals surface area (Å²) in [4.78, 5) is 23.9. The van der Waals surface area contributed by atoms with Crippen molar-refractivity contribution < 1.29 is 14.7 Å². The van der Waals surface area contributed by atoms with Crippen molar-refractivity contribution in [1.82, 2.24) is 0 Å². The summed E-state index contributed by atoms with van der Waals surface area (Å²) in [5, 5.41) is 13.7. The van der Waals surface area contributed by atoms with Crippen molar-refractivity contribution in [2.75, 3.05) is 5.32 Å². The first-order chi connectivity index (χ1) is 9.00. The van der Waals surface area contributed by atoms with E-state index in [-0.39, 0.29) is 11.5 Å². The standard InChI is InChI=1S/C14H13NO3S/c1-8-4-3-5-10(11(8)14(17)18)15-13(16)12-9(2)6-7-19-12/h3-7H,1-2H3,(H,15,16)(H,17,18). The van der Waals surface area contributed by atoms with Gasteiger partial charge in [0.15, 0.2) is 0 Å². The molecule has 2 rings (SSSR count). The van der Waals surface area contributed by atoms with Crippen LogP contribution in [0.2, 0.25) is 0 Å². The molecule has 1 heterocycles. The number of hydrogen-bond acceptors (Lipinski definition) is 3. The van der Waals surface area contributed by atoms with Gasteiger partial charge in [-0.05, 0) is 42.5 Å². The van der Waals surface area contributed by atoms with Gasteiger partial charge >= 0.3 is 5.97 Å². The van der Waals surface area contributed by atoms with Crippen molar-refractivity contribution in [2.45, 2.75) is 13.8 Å². The molecule has 0 fully saturated rings. The van der Waals surface area contributed by atoms with E-state index >= 15 is 0 Å². The maximum atomic E-state index is 12.1. The first-order valence-electron chi connectivity index (χ1n) is 5.69. The van der Waals surface area contributed by atoms with Crippen LogP contribution in [-0.4, -0.2) is 17.0 Å². The van der Waals surface area contributed by atoms with Crippen molar-refractivity contribution in [1.29, 1.82) is 0 Å². The molecular formula is C14H13NO3S. The van der Waals surface area contributed by atoms with Crippen LogP contribution in [0.3, 0.4) is 0 Å². The van der Waals surface area contributed by atoms with Crippen LogP contribution in [0, 0.1) is 13.8 Å². The second-order valence-corrected chi connectivity index (χ2v) is 5.11. The number of carbonyl (C=O) groups excluding carboxylic acids is 1. The Balaban J connectivity index is 2.35. The average molecular weight is 275 g/mol. The zero-order valence-corrected chi connectivity index (χ0v) is 11.4. The van der Waals surface area contributed by atoms with E-state index in [1.807, 2.05) is 18.4 Å². The largest absolute Gasteiger partial charge is 0.478 e. The fraction of sp³-hybridized carbons (Fsp3) is 0.143. The van der Waals surface area contributed by atoms with E-state index in [4.69, 9.17) is 0 Å². The van der Waals surface area contributed by atoms with Gasteiger partial charge in [-0.15, -0.1) is 11.3 Å². The number of amides is 1. The SMILES string of the molecule is Cc1ccsc1C(=O)Nc1cccc(C)c1C(=O)O. The summed E-state index contributed by atoms with van der Waals surface area (Å²) in [6, 6.07) is 6.87. The highest BCUT2D eigenvalue weighted by Crippen LogP contribution is 2.22. The summed E-state index contributed by atoms with van der Waals surface area (Å²) in [6.07, 6.45) is 0. The van der Waals surface area contributed by atoms with Gasteiger partial charge in [0, 0.05) is 0 Å². The number of aryl methyl sites for hydroxylation is 2. The minimum absolute atomic E-state index is 0.130. The molecule has 2 aromatic rings. The number of carboxylic acid groups (broad SMARTS) is 1. The number of hydrogen-bond donors (Lipinski definition) is 2. The van der Waals surface area contributed by atoms with E-state index in [0.717, 1.165) is 5.56 Å². The molecule has 0 atom stereocenters. The van der Waals surface area contributed by atoms with Gasteiger partial charge in [-0.25, -0.2) is 4.79 Å². The number of benzene rings is 1. The smallest absolute Gasteiger partial charge is 0.338 e. The molecule has 5 heteroatoms. The minimum atomic E-state index is -1.05. The van der Waals surface area contributed by atoms with Gasteiger partial charge in [0.05, 0.1) is 16.1 Å². The molecule has 0 saturated carbocycles. The zero-order valence-electron chi connectivity index (χ0n) is 10.6. The van der Waals surface area contributed by atoms with Crippen molar-refractivity contribution >= 4 is 28.9 Å². The third-order valence-electron chi connectivity index (χ3n) is 2.80. The molecule has 1 aromatic carbocycles. The molecule has 98 valence electrons. The van der Waals surface area contributed by atoms with Gasteiger partial charge in [0.25, 0.3) is 5.91 Å². The second kappa shape index (κ2) is 5.24. The van der Waals surface area contributed by atoms with Crippen LogP contribution in [0.15, 0.2) is 29.6 Å². The lowest BCUT2D eigenvalue weighted by molar-refractivity contribution is 0.0697. The molecule has 1 amide bonds. The first kappa shape index (κ1) is 13.3. The number of rotatable bonds is 3. The molecule has 0 aliphatic rings. The third-order valence-corrected chi connectivity index (χ3v) is 3.82. The van der Waals surface area contributed by atoms with Crippen LogP contribution >= 0.6 is 11.3 Å². The number of carbonyl (C=O) groups is 2. The molecule has 0 radical (unpaired) electrons. The zero-order chi connectivity index (χ0) is 14.0. The summed E-state index contributed by atoms with van der Waals surface area (Å²) in [5.41, 5.74) is 1.95. The molecule has 0 spiro atoms. The van der Waals surface area contributed by atoms with Crippen LogP contribution in [0.1, 0.15) is 31.2 Å². The van der Waals surface area contributed by atoms with Gasteiger partial charge in [0.1, 0.15) is 0 Å². The number of anilines is 1. The highest BCUT2D eigenvalue weighted by atomic mass is 32.1. The molecule has 2 N–H and O–H groups in total. The molecule has 0 aliphatic carbocycles. The highest BCUT2D eigenvalue weighted by molar-refractivity contribution is 7.12. The van der Waals surface area contributed by atoms with Crippen molar-refractivity contribution in [2.24, 2.45) is 0 Å². The first-order valence-corrected chi connectivity index (χ1v) is 6.57. The van der Waals surface area contributed by atoms with Crippen LogP contribution in [0.5, 0.6) is 0 Å². The lowest BCUT2D eigenvalue weighted by atomic mass is 10.1. The lowest BCUT2D eigenvalue weighted by Crippen LogP contribution is -2.15. The van der Waals surface area contributed by atoms with Crippen molar-refractivity contribution in [3.63, 3.8) is 0 Å². The van der Waals surface area contributed by atoms with Gasteiger partial charge < -0.3 is 10.4 Å². The van der Waals surface area contributed by atoms with Gasteiger partial charge in [-0.1, -0.05) is 12.1 Å². The normalized spacial score (nSPS) is 10.2. The van der Waals surface area contributed by atoms with Gasteiger partial charge in [0.2, 0.25) is 0 Å². The summed E-state index contributed by atoms with van der Waals surface area (Å²) < 4.78 is 0. The summed E-state index contributed by atoms with van der Waals surface area (Å²) >= 11 is 1.34. The Kier molecular flexibility index (Phi) is 3.66. The maximum absolute atomic E-state index is 12.1. The van der Waals surface area contributed by atoms with Crippen molar-refractivity contribution in [3.05, 3.63) is 51.2 Å².